The molecular weight excluding hydrogens is 148 g/mol. The highest BCUT2D eigenvalue weighted by atomic mass is 32.2. The molecule has 0 aromatic carbocycles. The molecular formula is C7H15O2S-. The van der Waals surface area contributed by atoms with E-state index in [-0.39, 0.29) is 5.25 Å². The minimum absolute atomic E-state index is 0.111. The van der Waals surface area contributed by atoms with Crippen molar-refractivity contribution < 1.29 is 8.76 Å². The summed E-state index contributed by atoms with van der Waals surface area (Å²) in [4.78, 5) is 0. The van der Waals surface area contributed by atoms with Crippen molar-refractivity contribution in [3.05, 3.63) is 0 Å². The van der Waals surface area contributed by atoms with E-state index in [0.717, 1.165) is 25.7 Å². The molecule has 0 fully saturated rings. The Morgan fingerprint density at radius 3 is 2.40 bits per heavy atom. The van der Waals surface area contributed by atoms with Gasteiger partial charge < -0.3 is 4.55 Å². The van der Waals surface area contributed by atoms with E-state index in [9.17, 15) is 8.76 Å². The molecule has 0 radical (unpaired) electrons. The largest absolute Gasteiger partial charge is 0.772 e. The van der Waals surface area contributed by atoms with Crippen molar-refractivity contribution in [2.75, 3.05) is 0 Å². The molecule has 0 aromatic rings. The predicted molar refractivity (Wildman–Crippen MR) is 42.5 cm³/mol. The second-order valence-corrected chi connectivity index (χ2v) is 3.62. The van der Waals surface area contributed by atoms with Crippen LogP contribution in [-0.2, 0) is 11.1 Å². The first-order chi connectivity index (χ1) is 4.72. The topological polar surface area (TPSA) is 40.1 Å². The lowest BCUT2D eigenvalue weighted by atomic mass is 10.2. The van der Waals surface area contributed by atoms with Crippen molar-refractivity contribution in [3.63, 3.8) is 0 Å². The van der Waals surface area contributed by atoms with Gasteiger partial charge >= 0.3 is 0 Å². The number of hydrogen-bond donors (Lipinski definition) is 0. The van der Waals surface area contributed by atoms with Gasteiger partial charge in [0.1, 0.15) is 0 Å². The summed E-state index contributed by atoms with van der Waals surface area (Å²) in [5.41, 5.74) is 0. The summed E-state index contributed by atoms with van der Waals surface area (Å²) in [5, 5.41) is -0.111. The Hall–Kier alpha value is 0.110. The fraction of sp³-hybridized carbons (Fsp3) is 1.00. The lowest BCUT2D eigenvalue weighted by Crippen LogP contribution is -2.12. The Bertz CT molecular complexity index is 104. The molecule has 0 saturated carbocycles. The quantitative estimate of drug-likeness (QED) is 0.580. The summed E-state index contributed by atoms with van der Waals surface area (Å²) in [5.74, 6) is 0. The van der Waals surface area contributed by atoms with Crippen LogP contribution in [0, 0.1) is 0 Å². The molecule has 2 atom stereocenters. The first-order valence-corrected chi connectivity index (χ1v) is 4.94. The molecule has 10 heavy (non-hydrogen) atoms. The second-order valence-electron chi connectivity index (χ2n) is 2.43. The van der Waals surface area contributed by atoms with E-state index in [1.54, 1.807) is 0 Å². The molecule has 0 spiro atoms. The molecule has 0 aromatic heterocycles. The van der Waals surface area contributed by atoms with Crippen molar-refractivity contribution in [2.24, 2.45) is 0 Å². The highest BCUT2D eigenvalue weighted by Gasteiger charge is 2.04. The van der Waals surface area contributed by atoms with Crippen LogP contribution in [0.2, 0.25) is 0 Å². The summed E-state index contributed by atoms with van der Waals surface area (Å²) in [6.07, 6.45) is 3.67. The molecule has 3 heteroatoms. The average molecular weight is 163 g/mol. The molecule has 0 N–H and O–H groups in total. The molecule has 62 valence electrons. The third kappa shape index (κ3) is 4.01. The van der Waals surface area contributed by atoms with Crippen LogP contribution in [0.5, 0.6) is 0 Å². The van der Waals surface area contributed by atoms with Crippen LogP contribution in [0.3, 0.4) is 0 Å². The van der Waals surface area contributed by atoms with Gasteiger partial charge in [0.25, 0.3) is 0 Å². The maximum Gasteiger partial charge on any atom is 0.0213 e. The number of rotatable bonds is 5. The highest BCUT2D eigenvalue weighted by molar-refractivity contribution is 7.79. The molecule has 0 aliphatic rings. The Morgan fingerprint density at radius 2 is 2.10 bits per heavy atom. The molecule has 0 amide bonds. The molecule has 0 aliphatic carbocycles. The van der Waals surface area contributed by atoms with Crippen LogP contribution >= 0.6 is 0 Å². The van der Waals surface area contributed by atoms with Gasteiger partial charge in [-0.25, -0.2) is 0 Å². The third-order valence-corrected chi connectivity index (χ3v) is 2.72. The van der Waals surface area contributed by atoms with E-state index in [2.05, 4.69) is 6.92 Å². The second kappa shape index (κ2) is 5.86. The Morgan fingerprint density at radius 1 is 1.50 bits per heavy atom. The smallest absolute Gasteiger partial charge is 0.0213 e. The molecule has 0 rings (SSSR count). The van der Waals surface area contributed by atoms with Crippen LogP contribution in [0.4, 0.5) is 0 Å². The maximum absolute atomic E-state index is 10.4. The highest BCUT2D eigenvalue weighted by Crippen LogP contribution is 2.08. The van der Waals surface area contributed by atoms with Gasteiger partial charge in [0, 0.05) is 5.25 Å². The number of unbranched alkanes of at least 4 members (excludes halogenated alkanes) is 1. The minimum Gasteiger partial charge on any atom is -0.772 e. The van der Waals surface area contributed by atoms with Gasteiger partial charge in [0.15, 0.2) is 0 Å². The third-order valence-electron chi connectivity index (χ3n) is 1.61. The van der Waals surface area contributed by atoms with Crippen LogP contribution in [0.1, 0.15) is 39.5 Å². The first-order valence-electron chi connectivity index (χ1n) is 3.80. The van der Waals surface area contributed by atoms with E-state index < -0.39 is 11.1 Å². The standard InChI is InChI=1S/C7H16O2S/c1-3-5-6-7(4-2)10(8)9/h7H,3-6H2,1-2H3,(H,8,9)/p-1. The monoisotopic (exact) mass is 163 g/mol. The maximum atomic E-state index is 10.4. The number of hydrogen-bond acceptors (Lipinski definition) is 2. The summed E-state index contributed by atoms with van der Waals surface area (Å²) < 4.78 is 20.9. The van der Waals surface area contributed by atoms with Gasteiger partial charge in [0.2, 0.25) is 0 Å². The average Bonchev–Trinajstić information content (AvgIpc) is 1.89. The van der Waals surface area contributed by atoms with Gasteiger partial charge in [-0.3, -0.25) is 4.21 Å². The van der Waals surface area contributed by atoms with Crippen molar-refractivity contribution in [2.45, 2.75) is 44.8 Å². The van der Waals surface area contributed by atoms with Crippen LogP contribution in [-0.4, -0.2) is 14.0 Å². The zero-order valence-electron chi connectivity index (χ0n) is 6.63. The fourth-order valence-corrected chi connectivity index (χ4v) is 1.50. The summed E-state index contributed by atoms with van der Waals surface area (Å²) >= 11 is -1.85. The van der Waals surface area contributed by atoms with Gasteiger partial charge in [-0.2, -0.15) is 0 Å². The van der Waals surface area contributed by atoms with Crippen molar-refractivity contribution in [1.82, 2.24) is 0 Å². The minimum atomic E-state index is -1.85. The van der Waals surface area contributed by atoms with Crippen molar-refractivity contribution in [3.8, 4) is 0 Å². The van der Waals surface area contributed by atoms with Gasteiger partial charge in [-0.15, -0.1) is 0 Å². The molecule has 0 aliphatic heterocycles. The Labute approximate surface area is 65.3 Å². The van der Waals surface area contributed by atoms with Crippen molar-refractivity contribution in [1.29, 1.82) is 0 Å². The van der Waals surface area contributed by atoms with Gasteiger partial charge in [-0.05, 0) is 12.8 Å². The first kappa shape index (κ1) is 10.1. The zero-order valence-corrected chi connectivity index (χ0v) is 7.45. The van der Waals surface area contributed by atoms with Crippen LogP contribution in [0.25, 0.3) is 0 Å². The van der Waals surface area contributed by atoms with Gasteiger partial charge in [0.05, 0.1) is 0 Å². The molecule has 2 unspecified atom stereocenters. The molecule has 0 heterocycles. The normalized spacial score (nSPS) is 16.7. The lowest BCUT2D eigenvalue weighted by Gasteiger charge is -2.16. The van der Waals surface area contributed by atoms with E-state index in [4.69, 9.17) is 0 Å². The van der Waals surface area contributed by atoms with E-state index in [0.29, 0.717) is 0 Å². The Balaban J connectivity index is 3.50. The molecule has 0 bridgehead atoms. The Kier molecular flexibility index (Phi) is 5.93. The summed E-state index contributed by atoms with van der Waals surface area (Å²) in [6, 6.07) is 0. The summed E-state index contributed by atoms with van der Waals surface area (Å²) in [6.45, 7) is 3.98. The predicted octanol–water partition coefficient (Wildman–Crippen LogP) is 1.83. The van der Waals surface area contributed by atoms with Crippen LogP contribution in [0.15, 0.2) is 0 Å². The SMILES string of the molecule is CCCCC(CC)S(=O)[O-]. The van der Waals surface area contributed by atoms with E-state index in [1.807, 2.05) is 6.92 Å². The zero-order chi connectivity index (χ0) is 7.98. The van der Waals surface area contributed by atoms with Crippen molar-refractivity contribution >= 4 is 11.1 Å². The van der Waals surface area contributed by atoms with Gasteiger partial charge in [-0.1, -0.05) is 37.8 Å². The lowest BCUT2D eigenvalue weighted by molar-refractivity contribution is 0.507. The van der Waals surface area contributed by atoms with E-state index >= 15 is 0 Å². The molecule has 2 nitrogen and oxygen atoms in total. The summed E-state index contributed by atoms with van der Waals surface area (Å²) in [7, 11) is 0. The fourth-order valence-electron chi connectivity index (χ4n) is 0.868. The molecule has 0 saturated heterocycles. The van der Waals surface area contributed by atoms with E-state index in [1.165, 1.54) is 0 Å². The van der Waals surface area contributed by atoms with Crippen LogP contribution < -0.4 is 0 Å².